The van der Waals surface area contributed by atoms with E-state index in [4.69, 9.17) is 18.9 Å². The van der Waals surface area contributed by atoms with E-state index in [9.17, 15) is 4.79 Å². The SMILES string of the molecule is COc1cccc(OC2CO[C@H]3CN(C(=O)c4ccsc4)C[C@@H]3OC2)c1. The summed E-state index contributed by atoms with van der Waals surface area (Å²) in [5.41, 5.74) is 0.727. The molecule has 138 valence electrons. The summed E-state index contributed by atoms with van der Waals surface area (Å²) in [7, 11) is 1.63. The number of carbonyl (C=O) groups is 1. The van der Waals surface area contributed by atoms with Gasteiger partial charge >= 0.3 is 0 Å². The van der Waals surface area contributed by atoms with Crippen LogP contribution >= 0.6 is 11.3 Å². The average molecular weight is 375 g/mol. The van der Waals surface area contributed by atoms with Gasteiger partial charge in [-0.05, 0) is 23.6 Å². The summed E-state index contributed by atoms with van der Waals surface area (Å²) < 4.78 is 23.2. The molecule has 0 spiro atoms. The topological polar surface area (TPSA) is 57.2 Å². The van der Waals surface area contributed by atoms with Crippen molar-refractivity contribution in [3.63, 3.8) is 0 Å². The van der Waals surface area contributed by atoms with E-state index in [1.54, 1.807) is 12.0 Å². The minimum Gasteiger partial charge on any atom is -0.497 e. The molecule has 7 heteroatoms. The third-order valence-corrected chi connectivity index (χ3v) is 5.29. The number of hydrogen-bond donors (Lipinski definition) is 0. The van der Waals surface area contributed by atoms with Gasteiger partial charge in [0, 0.05) is 24.5 Å². The zero-order valence-electron chi connectivity index (χ0n) is 14.5. The number of amides is 1. The molecule has 2 saturated heterocycles. The molecule has 2 aromatic rings. The van der Waals surface area contributed by atoms with Crippen LogP contribution in [0.25, 0.3) is 0 Å². The van der Waals surface area contributed by atoms with Gasteiger partial charge in [0.15, 0.2) is 0 Å². The Bertz CT molecular complexity index is 734. The van der Waals surface area contributed by atoms with Crippen molar-refractivity contribution in [1.29, 1.82) is 0 Å². The molecule has 2 aliphatic heterocycles. The van der Waals surface area contributed by atoms with E-state index in [2.05, 4.69) is 0 Å². The number of nitrogens with zero attached hydrogens (tertiary/aromatic N) is 1. The van der Waals surface area contributed by atoms with E-state index in [-0.39, 0.29) is 24.2 Å². The fraction of sp³-hybridized carbons (Fsp3) is 0.421. The number of fused-ring (bicyclic) bond motifs is 1. The number of thiophene rings is 1. The molecule has 0 aliphatic carbocycles. The number of rotatable bonds is 4. The van der Waals surface area contributed by atoms with Crippen LogP contribution < -0.4 is 9.47 Å². The van der Waals surface area contributed by atoms with Gasteiger partial charge < -0.3 is 23.8 Å². The molecular formula is C19H21NO5S. The first-order valence-corrected chi connectivity index (χ1v) is 9.52. The van der Waals surface area contributed by atoms with E-state index in [1.807, 2.05) is 41.1 Å². The molecular weight excluding hydrogens is 354 g/mol. The Hall–Kier alpha value is -2.09. The Kier molecular flexibility index (Phi) is 5.10. The quantitative estimate of drug-likeness (QED) is 0.822. The van der Waals surface area contributed by atoms with Crippen molar-refractivity contribution < 1.29 is 23.7 Å². The van der Waals surface area contributed by atoms with Gasteiger partial charge in [-0.25, -0.2) is 0 Å². The zero-order chi connectivity index (χ0) is 17.9. The van der Waals surface area contributed by atoms with Crippen molar-refractivity contribution in [3.8, 4) is 11.5 Å². The van der Waals surface area contributed by atoms with E-state index < -0.39 is 0 Å². The first-order chi connectivity index (χ1) is 12.7. The summed E-state index contributed by atoms with van der Waals surface area (Å²) >= 11 is 1.52. The molecule has 0 bridgehead atoms. The fourth-order valence-electron chi connectivity index (χ4n) is 3.24. The number of methoxy groups -OCH3 is 1. The Morgan fingerprint density at radius 2 is 1.88 bits per heavy atom. The van der Waals surface area contributed by atoms with Crippen molar-refractivity contribution in [1.82, 2.24) is 4.90 Å². The highest BCUT2D eigenvalue weighted by Gasteiger charge is 2.40. The molecule has 3 heterocycles. The van der Waals surface area contributed by atoms with Crippen LogP contribution in [0, 0.1) is 0 Å². The lowest BCUT2D eigenvalue weighted by Crippen LogP contribution is -2.32. The monoisotopic (exact) mass is 375 g/mol. The lowest BCUT2D eigenvalue weighted by Gasteiger charge is -2.19. The predicted octanol–water partition coefficient (Wildman–Crippen LogP) is 2.44. The van der Waals surface area contributed by atoms with Gasteiger partial charge in [0.1, 0.15) is 29.8 Å². The second kappa shape index (κ2) is 7.65. The largest absolute Gasteiger partial charge is 0.497 e. The number of ether oxygens (including phenoxy) is 4. The van der Waals surface area contributed by atoms with Crippen molar-refractivity contribution in [3.05, 3.63) is 46.7 Å². The van der Waals surface area contributed by atoms with E-state index in [0.717, 1.165) is 17.1 Å². The lowest BCUT2D eigenvalue weighted by atomic mass is 10.3. The van der Waals surface area contributed by atoms with Crippen LogP contribution in [0.2, 0.25) is 0 Å². The van der Waals surface area contributed by atoms with Crippen LogP contribution in [-0.4, -0.2) is 62.5 Å². The molecule has 1 aromatic carbocycles. The van der Waals surface area contributed by atoms with E-state index in [0.29, 0.717) is 26.3 Å². The van der Waals surface area contributed by atoms with Gasteiger partial charge in [0.2, 0.25) is 0 Å². The highest BCUT2D eigenvalue weighted by Crippen LogP contribution is 2.25. The highest BCUT2D eigenvalue weighted by molar-refractivity contribution is 7.08. The summed E-state index contributed by atoms with van der Waals surface area (Å²) in [5, 5.41) is 3.78. The minimum atomic E-state index is -0.186. The highest BCUT2D eigenvalue weighted by atomic mass is 32.1. The van der Waals surface area contributed by atoms with Crippen LogP contribution in [-0.2, 0) is 9.47 Å². The fourth-order valence-corrected chi connectivity index (χ4v) is 3.87. The van der Waals surface area contributed by atoms with Crippen molar-refractivity contribution in [2.45, 2.75) is 18.3 Å². The molecule has 26 heavy (non-hydrogen) atoms. The number of likely N-dealkylation sites (tertiary alicyclic amines) is 1. The minimum absolute atomic E-state index is 0.0377. The average Bonchev–Trinajstić information content (AvgIpc) is 3.30. The molecule has 1 aromatic heterocycles. The normalized spacial score (nSPS) is 23.3. The maximum Gasteiger partial charge on any atom is 0.254 e. The Balaban J connectivity index is 1.34. The molecule has 0 N–H and O–H groups in total. The van der Waals surface area contributed by atoms with Gasteiger partial charge in [-0.2, -0.15) is 11.3 Å². The summed E-state index contributed by atoms with van der Waals surface area (Å²) in [6.07, 6.45) is -0.415. The molecule has 2 aliphatic rings. The number of carbonyl (C=O) groups excluding carboxylic acids is 1. The van der Waals surface area contributed by atoms with E-state index >= 15 is 0 Å². The van der Waals surface area contributed by atoms with Gasteiger partial charge in [-0.1, -0.05) is 6.07 Å². The van der Waals surface area contributed by atoms with E-state index in [1.165, 1.54) is 11.3 Å². The molecule has 4 rings (SSSR count). The van der Waals surface area contributed by atoms with Crippen molar-refractivity contribution in [2.24, 2.45) is 0 Å². The molecule has 2 fully saturated rings. The maximum atomic E-state index is 12.5. The van der Waals surface area contributed by atoms with Crippen LogP contribution in [0.15, 0.2) is 41.1 Å². The van der Waals surface area contributed by atoms with Crippen LogP contribution in [0.3, 0.4) is 0 Å². The summed E-state index contributed by atoms with van der Waals surface area (Å²) in [6, 6.07) is 9.33. The number of benzene rings is 1. The number of hydrogen-bond acceptors (Lipinski definition) is 6. The first kappa shape index (κ1) is 17.3. The van der Waals surface area contributed by atoms with Crippen LogP contribution in [0.5, 0.6) is 11.5 Å². The Morgan fingerprint density at radius 1 is 1.15 bits per heavy atom. The van der Waals surface area contributed by atoms with Gasteiger partial charge in [-0.15, -0.1) is 0 Å². The first-order valence-electron chi connectivity index (χ1n) is 8.58. The van der Waals surface area contributed by atoms with Gasteiger partial charge in [-0.3, -0.25) is 4.79 Å². The zero-order valence-corrected chi connectivity index (χ0v) is 15.3. The molecule has 0 unspecified atom stereocenters. The second-order valence-electron chi connectivity index (χ2n) is 6.38. The van der Waals surface area contributed by atoms with Crippen LogP contribution in [0.1, 0.15) is 10.4 Å². The molecule has 1 amide bonds. The molecule has 0 saturated carbocycles. The van der Waals surface area contributed by atoms with Gasteiger partial charge in [0.05, 0.1) is 25.9 Å². The lowest BCUT2D eigenvalue weighted by molar-refractivity contribution is -0.00461. The Morgan fingerprint density at radius 3 is 2.54 bits per heavy atom. The Labute approximate surface area is 156 Å². The summed E-state index contributed by atoms with van der Waals surface area (Å²) in [5.74, 6) is 1.51. The molecule has 2 atom stereocenters. The summed E-state index contributed by atoms with van der Waals surface area (Å²) in [4.78, 5) is 14.3. The molecule has 6 nitrogen and oxygen atoms in total. The van der Waals surface area contributed by atoms with Gasteiger partial charge in [0.25, 0.3) is 5.91 Å². The molecule has 0 radical (unpaired) electrons. The third-order valence-electron chi connectivity index (χ3n) is 4.61. The predicted molar refractivity (Wildman–Crippen MR) is 97.1 cm³/mol. The smallest absolute Gasteiger partial charge is 0.254 e. The third kappa shape index (κ3) is 3.70. The standard InChI is InChI=1S/C19H21NO5S/c1-22-14-3-2-4-15(7-14)25-16-10-23-17-8-20(9-18(17)24-11-16)19(21)13-5-6-26-12-13/h2-7,12,16-18H,8-11H2,1H3/t17-,18-/m0/s1. The van der Waals surface area contributed by atoms with Crippen molar-refractivity contribution in [2.75, 3.05) is 33.4 Å². The van der Waals surface area contributed by atoms with Crippen molar-refractivity contribution >= 4 is 17.2 Å². The second-order valence-corrected chi connectivity index (χ2v) is 7.16. The maximum absolute atomic E-state index is 12.5. The summed E-state index contributed by atoms with van der Waals surface area (Å²) in [6.45, 7) is 1.95. The van der Waals surface area contributed by atoms with Crippen LogP contribution in [0.4, 0.5) is 0 Å².